The fourth-order valence-electron chi connectivity index (χ4n) is 0.962. The van der Waals surface area contributed by atoms with Crippen molar-refractivity contribution in [1.82, 2.24) is 4.98 Å². The molecule has 60 valence electrons. The standard InChI is InChI=1S/C8H5ClN2O/c1-10-8-11-6-4-5(9)2-3-7(6)12-8/h1-4H,(H,10,11). The lowest BCUT2D eigenvalue weighted by atomic mass is 10.3. The number of anilines is 1. The SMILES string of the molecule is [CH]Nc1nc2cc(Cl)ccc2o1. The van der Waals surface area contributed by atoms with Gasteiger partial charge in [-0.3, -0.25) is 0 Å². The first-order valence-electron chi connectivity index (χ1n) is 3.32. The van der Waals surface area contributed by atoms with Crippen molar-refractivity contribution in [3.05, 3.63) is 30.3 Å². The van der Waals surface area contributed by atoms with Gasteiger partial charge in [-0.25, -0.2) is 0 Å². The van der Waals surface area contributed by atoms with Crippen molar-refractivity contribution in [3.8, 4) is 0 Å². The van der Waals surface area contributed by atoms with Crippen molar-refractivity contribution < 1.29 is 4.42 Å². The lowest BCUT2D eigenvalue weighted by molar-refractivity contribution is 0.622. The molecule has 0 aliphatic rings. The first kappa shape index (κ1) is 7.43. The quantitative estimate of drug-likeness (QED) is 0.686. The van der Waals surface area contributed by atoms with Crippen LogP contribution in [0.4, 0.5) is 6.01 Å². The van der Waals surface area contributed by atoms with E-state index in [0.29, 0.717) is 16.1 Å². The monoisotopic (exact) mass is 180 g/mol. The molecule has 1 aromatic heterocycles. The molecule has 0 fully saturated rings. The van der Waals surface area contributed by atoms with Crippen LogP contribution >= 0.6 is 11.6 Å². The van der Waals surface area contributed by atoms with E-state index in [4.69, 9.17) is 23.1 Å². The number of hydrogen-bond donors (Lipinski definition) is 1. The maximum atomic E-state index is 5.74. The van der Waals surface area contributed by atoms with Gasteiger partial charge in [0.25, 0.3) is 6.01 Å². The van der Waals surface area contributed by atoms with E-state index in [2.05, 4.69) is 10.3 Å². The summed E-state index contributed by atoms with van der Waals surface area (Å²) in [6.07, 6.45) is 0. The molecule has 3 nitrogen and oxygen atoms in total. The summed E-state index contributed by atoms with van der Waals surface area (Å²) in [5.74, 6) is 0. The van der Waals surface area contributed by atoms with E-state index in [1.165, 1.54) is 0 Å². The number of oxazole rings is 1. The van der Waals surface area contributed by atoms with Crippen LogP contribution in [0.5, 0.6) is 0 Å². The minimum atomic E-state index is 0.285. The number of rotatable bonds is 1. The first-order valence-corrected chi connectivity index (χ1v) is 3.70. The second kappa shape index (κ2) is 2.68. The maximum absolute atomic E-state index is 5.74. The van der Waals surface area contributed by atoms with E-state index in [-0.39, 0.29) is 6.01 Å². The van der Waals surface area contributed by atoms with Crippen LogP contribution in [0.3, 0.4) is 0 Å². The van der Waals surface area contributed by atoms with Gasteiger partial charge in [0.1, 0.15) is 5.52 Å². The van der Waals surface area contributed by atoms with Gasteiger partial charge in [-0.2, -0.15) is 4.98 Å². The Hall–Kier alpha value is -1.22. The maximum Gasteiger partial charge on any atom is 0.296 e. The summed E-state index contributed by atoms with van der Waals surface area (Å²) in [5.41, 5.74) is 1.35. The number of benzene rings is 1. The normalized spacial score (nSPS) is 10.5. The average Bonchev–Trinajstić information content (AvgIpc) is 2.46. The topological polar surface area (TPSA) is 38.1 Å². The largest absolute Gasteiger partial charge is 0.424 e. The number of fused-ring (bicyclic) bond motifs is 1. The zero-order chi connectivity index (χ0) is 8.55. The minimum Gasteiger partial charge on any atom is -0.424 e. The minimum absolute atomic E-state index is 0.285. The van der Waals surface area contributed by atoms with E-state index in [1.54, 1.807) is 18.2 Å². The molecule has 2 radical (unpaired) electrons. The molecule has 1 N–H and O–H groups in total. The summed E-state index contributed by atoms with van der Waals surface area (Å²) in [6.45, 7) is 0. The molecule has 12 heavy (non-hydrogen) atoms. The zero-order valence-electron chi connectivity index (χ0n) is 6.04. The van der Waals surface area contributed by atoms with Gasteiger partial charge in [0.2, 0.25) is 0 Å². The van der Waals surface area contributed by atoms with Crippen molar-refractivity contribution in [3.63, 3.8) is 0 Å². The van der Waals surface area contributed by atoms with E-state index >= 15 is 0 Å². The molecule has 0 saturated carbocycles. The van der Waals surface area contributed by atoms with Gasteiger partial charge < -0.3 is 9.73 Å². The highest BCUT2D eigenvalue weighted by atomic mass is 35.5. The molecule has 1 heterocycles. The van der Waals surface area contributed by atoms with Crippen LogP contribution in [0.15, 0.2) is 22.6 Å². The van der Waals surface area contributed by atoms with Gasteiger partial charge in [0.05, 0.1) is 7.05 Å². The Morgan fingerprint density at radius 2 is 2.33 bits per heavy atom. The van der Waals surface area contributed by atoms with Crippen LogP contribution < -0.4 is 5.32 Å². The molecule has 0 atom stereocenters. The average molecular weight is 181 g/mol. The fraction of sp³-hybridized carbons (Fsp3) is 0. The Morgan fingerprint density at radius 3 is 3.08 bits per heavy atom. The molecule has 0 unspecified atom stereocenters. The molecule has 2 rings (SSSR count). The van der Waals surface area contributed by atoms with Gasteiger partial charge in [-0.05, 0) is 18.2 Å². The van der Waals surface area contributed by atoms with Crippen LogP contribution in [0.2, 0.25) is 5.02 Å². The predicted molar refractivity (Wildman–Crippen MR) is 46.9 cm³/mol. The summed E-state index contributed by atoms with van der Waals surface area (Å²) in [4.78, 5) is 4.00. The Balaban J connectivity index is 2.67. The summed E-state index contributed by atoms with van der Waals surface area (Å²) < 4.78 is 5.17. The number of aromatic nitrogens is 1. The van der Waals surface area contributed by atoms with E-state index in [9.17, 15) is 0 Å². The van der Waals surface area contributed by atoms with Gasteiger partial charge >= 0.3 is 0 Å². The second-order valence-corrected chi connectivity index (χ2v) is 2.71. The molecule has 0 bridgehead atoms. The number of nitrogens with one attached hydrogen (secondary N) is 1. The van der Waals surface area contributed by atoms with Crippen molar-refractivity contribution in [2.75, 3.05) is 5.32 Å². The summed E-state index contributed by atoms with van der Waals surface area (Å²) in [7, 11) is 5.11. The van der Waals surface area contributed by atoms with E-state index in [0.717, 1.165) is 0 Å². The lowest BCUT2D eigenvalue weighted by Crippen LogP contribution is -1.81. The highest BCUT2D eigenvalue weighted by Gasteiger charge is 2.03. The molecule has 0 aliphatic carbocycles. The Bertz CT molecular complexity index is 410. The van der Waals surface area contributed by atoms with Crippen LogP contribution in [0.25, 0.3) is 11.1 Å². The molecular weight excluding hydrogens is 176 g/mol. The number of hydrogen-bond acceptors (Lipinski definition) is 3. The van der Waals surface area contributed by atoms with Gasteiger partial charge in [-0.1, -0.05) is 11.6 Å². The molecule has 2 aromatic rings. The number of nitrogens with zero attached hydrogens (tertiary/aromatic N) is 1. The molecule has 4 heteroatoms. The van der Waals surface area contributed by atoms with E-state index < -0.39 is 0 Å². The third-order valence-corrected chi connectivity index (χ3v) is 1.71. The number of halogens is 1. The first-order chi connectivity index (χ1) is 5.79. The van der Waals surface area contributed by atoms with Gasteiger partial charge in [0.15, 0.2) is 5.58 Å². The van der Waals surface area contributed by atoms with Crippen molar-refractivity contribution >= 4 is 28.7 Å². The molecule has 0 aliphatic heterocycles. The highest BCUT2D eigenvalue weighted by molar-refractivity contribution is 6.31. The molecule has 1 aromatic carbocycles. The summed E-state index contributed by atoms with van der Waals surface area (Å²) in [5, 5.41) is 2.94. The van der Waals surface area contributed by atoms with Crippen molar-refractivity contribution in [2.45, 2.75) is 0 Å². The fourth-order valence-corrected chi connectivity index (χ4v) is 1.13. The lowest BCUT2D eigenvalue weighted by Gasteiger charge is -1.85. The second-order valence-electron chi connectivity index (χ2n) is 2.28. The Kier molecular flexibility index (Phi) is 1.66. The van der Waals surface area contributed by atoms with Crippen LogP contribution in [0.1, 0.15) is 0 Å². The Morgan fingerprint density at radius 1 is 1.50 bits per heavy atom. The molecule has 0 amide bonds. The van der Waals surface area contributed by atoms with Gasteiger partial charge in [0, 0.05) is 5.02 Å². The molecule has 0 spiro atoms. The van der Waals surface area contributed by atoms with Crippen molar-refractivity contribution in [1.29, 1.82) is 0 Å². The molecule has 0 saturated heterocycles. The van der Waals surface area contributed by atoms with Gasteiger partial charge in [-0.15, -0.1) is 0 Å². The predicted octanol–water partition coefficient (Wildman–Crippen LogP) is 2.56. The van der Waals surface area contributed by atoms with Crippen molar-refractivity contribution in [2.24, 2.45) is 0 Å². The summed E-state index contributed by atoms with van der Waals surface area (Å²) >= 11 is 5.74. The van der Waals surface area contributed by atoms with Crippen LogP contribution in [0, 0.1) is 7.05 Å². The summed E-state index contributed by atoms with van der Waals surface area (Å²) in [6, 6.07) is 5.47. The van der Waals surface area contributed by atoms with E-state index in [1.807, 2.05) is 0 Å². The zero-order valence-corrected chi connectivity index (χ0v) is 6.80. The Labute approximate surface area is 74.3 Å². The van der Waals surface area contributed by atoms with Crippen LogP contribution in [-0.2, 0) is 0 Å². The third-order valence-electron chi connectivity index (χ3n) is 1.47. The third kappa shape index (κ3) is 1.12. The smallest absolute Gasteiger partial charge is 0.296 e. The molecular formula is C8H5ClN2O. The highest BCUT2D eigenvalue weighted by Crippen LogP contribution is 2.21. The van der Waals surface area contributed by atoms with Crippen LogP contribution in [-0.4, -0.2) is 4.98 Å².